The summed E-state index contributed by atoms with van der Waals surface area (Å²) >= 11 is 0. The van der Waals surface area contributed by atoms with Gasteiger partial charge in [0.15, 0.2) is 0 Å². The van der Waals surface area contributed by atoms with Crippen LogP contribution in [0.1, 0.15) is 28.8 Å². The fourth-order valence-corrected chi connectivity index (χ4v) is 4.87. The highest BCUT2D eigenvalue weighted by molar-refractivity contribution is 7.92. The summed E-state index contributed by atoms with van der Waals surface area (Å²) in [5, 5.41) is 13.6. The van der Waals surface area contributed by atoms with Crippen molar-refractivity contribution in [3.8, 4) is 5.75 Å². The fourth-order valence-electron chi connectivity index (χ4n) is 3.18. The maximum absolute atomic E-state index is 12.8. The molecule has 10 heteroatoms. The van der Waals surface area contributed by atoms with E-state index in [1.807, 2.05) is 0 Å². The van der Waals surface area contributed by atoms with Gasteiger partial charge in [-0.25, -0.2) is 8.42 Å². The number of carbonyl (C=O) groups is 1. The number of non-ortho nitro benzene ring substituents is 1. The minimum Gasteiger partial charge on any atom is -0.495 e. The van der Waals surface area contributed by atoms with Crippen LogP contribution in [0.5, 0.6) is 5.75 Å². The second-order valence-corrected chi connectivity index (χ2v) is 8.71. The van der Waals surface area contributed by atoms with Crippen molar-refractivity contribution in [3.05, 3.63) is 57.6 Å². The van der Waals surface area contributed by atoms with Gasteiger partial charge in [0.25, 0.3) is 11.6 Å². The number of aryl methyl sites for hydroxylation is 1. The number of anilines is 2. The summed E-state index contributed by atoms with van der Waals surface area (Å²) in [7, 11) is -2.03. The van der Waals surface area contributed by atoms with Crippen molar-refractivity contribution in [1.29, 1.82) is 0 Å². The van der Waals surface area contributed by atoms with Gasteiger partial charge in [-0.15, -0.1) is 0 Å². The zero-order valence-electron chi connectivity index (χ0n) is 16.0. The second-order valence-electron chi connectivity index (χ2n) is 6.69. The third-order valence-corrected chi connectivity index (χ3v) is 6.59. The number of amides is 1. The number of nitro benzene ring substituents is 1. The predicted molar refractivity (Wildman–Crippen MR) is 109 cm³/mol. The molecule has 0 radical (unpaired) electrons. The average Bonchev–Trinajstić information content (AvgIpc) is 2.68. The molecule has 1 amide bonds. The van der Waals surface area contributed by atoms with Crippen molar-refractivity contribution in [2.24, 2.45) is 0 Å². The van der Waals surface area contributed by atoms with Crippen molar-refractivity contribution in [1.82, 2.24) is 0 Å². The van der Waals surface area contributed by atoms with Crippen LogP contribution in [0.3, 0.4) is 0 Å². The van der Waals surface area contributed by atoms with Gasteiger partial charge in [-0.1, -0.05) is 6.07 Å². The van der Waals surface area contributed by atoms with Crippen molar-refractivity contribution >= 4 is 33.0 Å². The molecule has 0 saturated carbocycles. The van der Waals surface area contributed by atoms with Gasteiger partial charge in [-0.3, -0.25) is 19.2 Å². The Morgan fingerprint density at radius 2 is 1.97 bits per heavy atom. The molecule has 0 aromatic heterocycles. The molecule has 0 unspecified atom stereocenters. The van der Waals surface area contributed by atoms with Gasteiger partial charge in [0.1, 0.15) is 5.75 Å². The monoisotopic (exact) mass is 419 g/mol. The Balaban J connectivity index is 1.93. The lowest BCUT2D eigenvalue weighted by molar-refractivity contribution is -0.384. The number of ether oxygens (including phenoxy) is 1. The molecule has 1 fully saturated rings. The highest BCUT2D eigenvalue weighted by Crippen LogP contribution is 2.31. The fraction of sp³-hybridized carbons (Fsp3) is 0.316. The lowest BCUT2D eigenvalue weighted by Gasteiger charge is -2.29. The van der Waals surface area contributed by atoms with Crippen LogP contribution in [0.25, 0.3) is 0 Å². The molecule has 1 heterocycles. The number of sulfonamides is 1. The number of hydrogen-bond donors (Lipinski definition) is 1. The molecule has 0 bridgehead atoms. The number of hydrogen-bond acceptors (Lipinski definition) is 6. The van der Waals surface area contributed by atoms with E-state index in [4.69, 9.17) is 4.74 Å². The summed E-state index contributed by atoms with van der Waals surface area (Å²) in [6.07, 6.45) is 1.37. The zero-order chi connectivity index (χ0) is 21.2. The number of nitro groups is 1. The molecule has 1 aliphatic heterocycles. The normalized spacial score (nSPS) is 15.6. The van der Waals surface area contributed by atoms with E-state index in [0.29, 0.717) is 18.7 Å². The molecular formula is C19H21N3O6S. The van der Waals surface area contributed by atoms with E-state index in [1.165, 1.54) is 35.7 Å². The molecule has 0 spiro atoms. The Morgan fingerprint density at radius 1 is 1.21 bits per heavy atom. The second kappa shape index (κ2) is 8.08. The van der Waals surface area contributed by atoms with Crippen LogP contribution >= 0.6 is 0 Å². The zero-order valence-corrected chi connectivity index (χ0v) is 16.9. The van der Waals surface area contributed by atoms with Gasteiger partial charge in [0, 0.05) is 24.2 Å². The van der Waals surface area contributed by atoms with Crippen molar-refractivity contribution < 1.29 is 22.9 Å². The molecule has 2 aromatic rings. The van der Waals surface area contributed by atoms with Gasteiger partial charge in [0.2, 0.25) is 10.0 Å². The first-order valence-corrected chi connectivity index (χ1v) is 10.6. The lowest BCUT2D eigenvalue weighted by atomic mass is 10.1. The van der Waals surface area contributed by atoms with Crippen LogP contribution < -0.4 is 14.4 Å². The van der Waals surface area contributed by atoms with Crippen molar-refractivity contribution in [2.45, 2.75) is 19.8 Å². The maximum atomic E-state index is 12.8. The Morgan fingerprint density at radius 3 is 2.62 bits per heavy atom. The van der Waals surface area contributed by atoms with E-state index >= 15 is 0 Å². The first-order valence-electron chi connectivity index (χ1n) is 8.98. The number of methoxy groups -OCH3 is 1. The summed E-state index contributed by atoms with van der Waals surface area (Å²) in [5.41, 5.74) is 1.40. The Hall–Kier alpha value is -3.14. The third kappa shape index (κ3) is 4.32. The number of nitrogens with zero attached hydrogens (tertiary/aromatic N) is 2. The first-order chi connectivity index (χ1) is 13.7. The van der Waals surface area contributed by atoms with Crippen molar-refractivity contribution in [2.75, 3.05) is 29.0 Å². The summed E-state index contributed by atoms with van der Waals surface area (Å²) in [6.45, 7) is 2.15. The van der Waals surface area contributed by atoms with E-state index in [-0.39, 0.29) is 28.4 Å². The predicted octanol–water partition coefficient (Wildman–Crippen LogP) is 3.09. The van der Waals surface area contributed by atoms with E-state index < -0.39 is 20.9 Å². The quantitative estimate of drug-likeness (QED) is 0.588. The highest BCUT2D eigenvalue weighted by atomic mass is 32.2. The van der Waals surface area contributed by atoms with Crippen LogP contribution in [0, 0.1) is 17.0 Å². The lowest BCUT2D eigenvalue weighted by Crippen LogP contribution is -2.38. The summed E-state index contributed by atoms with van der Waals surface area (Å²) in [4.78, 5) is 23.2. The Bertz CT molecular complexity index is 1070. The van der Waals surface area contributed by atoms with E-state index in [9.17, 15) is 23.3 Å². The molecule has 0 atom stereocenters. The van der Waals surface area contributed by atoms with Crippen LogP contribution in [0.2, 0.25) is 0 Å². The van der Waals surface area contributed by atoms with Crippen LogP contribution in [-0.2, 0) is 10.0 Å². The van der Waals surface area contributed by atoms with Gasteiger partial charge < -0.3 is 10.1 Å². The topological polar surface area (TPSA) is 119 Å². The highest BCUT2D eigenvalue weighted by Gasteiger charge is 2.27. The van der Waals surface area contributed by atoms with Gasteiger partial charge >= 0.3 is 0 Å². The molecule has 3 rings (SSSR count). The van der Waals surface area contributed by atoms with E-state index in [2.05, 4.69) is 5.32 Å². The molecule has 9 nitrogen and oxygen atoms in total. The van der Waals surface area contributed by atoms with Crippen molar-refractivity contribution in [3.63, 3.8) is 0 Å². The first kappa shape index (κ1) is 20.6. The molecule has 154 valence electrons. The third-order valence-electron chi connectivity index (χ3n) is 4.73. The van der Waals surface area contributed by atoms with Crippen LogP contribution in [-0.4, -0.2) is 38.7 Å². The SMILES string of the molecule is COc1ccc([N+](=O)[O-])cc1NC(=O)c1ccc(C)c(N2CCCCS2(=O)=O)c1. The number of rotatable bonds is 5. The average molecular weight is 419 g/mol. The Kier molecular flexibility index (Phi) is 5.73. The van der Waals surface area contributed by atoms with Crippen LogP contribution in [0.4, 0.5) is 17.1 Å². The smallest absolute Gasteiger partial charge is 0.271 e. The Labute approximate surface area is 168 Å². The molecule has 29 heavy (non-hydrogen) atoms. The number of nitrogens with one attached hydrogen (secondary N) is 1. The molecule has 1 N–H and O–H groups in total. The van der Waals surface area contributed by atoms with Gasteiger partial charge in [-0.05, 0) is 43.5 Å². The minimum absolute atomic E-state index is 0.0771. The molecule has 1 saturated heterocycles. The number of carbonyl (C=O) groups excluding carboxylic acids is 1. The number of benzene rings is 2. The largest absolute Gasteiger partial charge is 0.495 e. The summed E-state index contributed by atoms with van der Waals surface area (Å²) in [5.74, 6) is -0.178. The standard InChI is InChI=1S/C19H21N3O6S/c1-13-5-6-14(11-17(13)21-9-3-4-10-29(21,26)27)19(23)20-16-12-15(22(24)25)7-8-18(16)28-2/h5-8,11-12H,3-4,9-10H2,1-2H3,(H,20,23). The maximum Gasteiger partial charge on any atom is 0.271 e. The summed E-state index contributed by atoms with van der Waals surface area (Å²) < 4.78 is 31.4. The minimum atomic E-state index is -3.42. The molecule has 2 aromatic carbocycles. The van der Waals surface area contributed by atoms with Crippen LogP contribution in [0.15, 0.2) is 36.4 Å². The van der Waals surface area contributed by atoms with Gasteiger partial charge in [-0.2, -0.15) is 0 Å². The molecule has 0 aliphatic carbocycles. The summed E-state index contributed by atoms with van der Waals surface area (Å²) in [6, 6.07) is 8.67. The van der Waals surface area contributed by atoms with E-state index in [1.54, 1.807) is 19.1 Å². The van der Waals surface area contributed by atoms with Gasteiger partial charge in [0.05, 0.1) is 29.2 Å². The van der Waals surface area contributed by atoms with E-state index in [0.717, 1.165) is 12.0 Å². The molecular weight excluding hydrogens is 398 g/mol. The molecule has 1 aliphatic rings.